The highest BCUT2D eigenvalue weighted by Crippen LogP contribution is 1.98. The lowest BCUT2D eigenvalue weighted by Crippen LogP contribution is -2.31. The summed E-state index contributed by atoms with van der Waals surface area (Å²) < 4.78 is 29.4. The molecular formula is C8H17MgNO4S. The van der Waals surface area contributed by atoms with Crippen LogP contribution in [0.1, 0.15) is 13.8 Å². The van der Waals surface area contributed by atoms with E-state index < -0.39 is 10.1 Å². The summed E-state index contributed by atoms with van der Waals surface area (Å²) in [6.07, 6.45) is 0. The van der Waals surface area contributed by atoms with Gasteiger partial charge in [-0.3, -0.25) is 9.35 Å². The summed E-state index contributed by atoms with van der Waals surface area (Å²) in [5.41, 5.74) is 0.365. The van der Waals surface area contributed by atoms with Crippen LogP contribution >= 0.6 is 0 Å². The van der Waals surface area contributed by atoms with Crippen LogP contribution in [0.3, 0.4) is 0 Å². The van der Waals surface area contributed by atoms with E-state index in [9.17, 15) is 13.2 Å². The molecule has 1 amide bonds. The number of hydrogen-bond acceptors (Lipinski definition) is 3. The van der Waals surface area contributed by atoms with E-state index in [1.54, 1.807) is 13.8 Å². The topological polar surface area (TPSA) is 83.5 Å². The number of carbonyl (C=O) groups excluding carboxylic acids is 1. The number of hydrogen-bond donors (Lipinski definition) is 2. The van der Waals surface area contributed by atoms with Crippen molar-refractivity contribution in [2.75, 3.05) is 12.3 Å². The van der Waals surface area contributed by atoms with Crippen LogP contribution in [0.2, 0.25) is 0 Å². The largest absolute Gasteiger partial charge is 0.352 e. The second-order valence-electron chi connectivity index (χ2n) is 3.34. The molecule has 0 aliphatic carbocycles. The van der Waals surface area contributed by atoms with E-state index in [0.717, 1.165) is 0 Å². The first-order valence-electron chi connectivity index (χ1n) is 4.11. The van der Waals surface area contributed by atoms with Gasteiger partial charge in [-0.1, -0.05) is 13.5 Å². The summed E-state index contributed by atoms with van der Waals surface area (Å²) in [4.78, 5) is 11.0. The Morgan fingerprint density at radius 2 is 2.00 bits per heavy atom. The van der Waals surface area contributed by atoms with Gasteiger partial charge in [0.05, 0.1) is 5.75 Å². The molecule has 7 heteroatoms. The van der Waals surface area contributed by atoms with Crippen LogP contribution in [-0.2, 0) is 14.9 Å². The Hall–Kier alpha value is -0.114. The van der Waals surface area contributed by atoms with Crippen molar-refractivity contribution >= 4 is 39.1 Å². The lowest BCUT2D eigenvalue weighted by Gasteiger charge is -2.10. The molecule has 0 spiro atoms. The maximum Gasteiger partial charge on any atom is 0.316 e. The monoisotopic (exact) mass is 247 g/mol. The second kappa shape index (κ2) is 7.21. The molecule has 5 nitrogen and oxygen atoms in total. The molecule has 0 bridgehead atoms. The highest BCUT2D eigenvalue weighted by Gasteiger charge is 2.13. The maximum atomic E-state index is 11.0. The van der Waals surface area contributed by atoms with E-state index in [4.69, 9.17) is 4.55 Å². The van der Waals surface area contributed by atoms with Crippen LogP contribution in [-0.4, -0.2) is 54.2 Å². The van der Waals surface area contributed by atoms with E-state index in [1.165, 1.54) is 0 Å². The lowest BCUT2D eigenvalue weighted by molar-refractivity contribution is -0.117. The summed E-state index contributed by atoms with van der Waals surface area (Å²) in [6, 6.07) is 0. The Balaban J connectivity index is 0. The highest BCUT2D eigenvalue weighted by molar-refractivity contribution is 7.85. The summed E-state index contributed by atoms with van der Waals surface area (Å²) in [6.45, 7) is 6.80. The molecule has 0 saturated heterocycles. The van der Waals surface area contributed by atoms with E-state index >= 15 is 0 Å². The van der Waals surface area contributed by atoms with Crippen molar-refractivity contribution in [1.29, 1.82) is 0 Å². The number of nitrogens with one attached hydrogen (secondary N) is 1. The summed E-state index contributed by atoms with van der Waals surface area (Å²) >= 11 is 0. The molecule has 0 aliphatic rings. The van der Waals surface area contributed by atoms with Gasteiger partial charge in [0, 0.05) is 12.1 Å². The molecule has 15 heavy (non-hydrogen) atoms. The molecule has 0 aromatic carbocycles. The van der Waals surface area contributed by atoms with E-state index in [1.807, 2.05) is 0 Å². The van der Waals surface area contributed by atoms with Crippen LogP contribution in [0.4, 0.5) is 0 Å². The van der Waals surface area contributed by atoms with Crippen LogP contribution in [0.5, 0.6) is 0 Å². The zero-order valence-electron chi connectivity index (χ0n) is 8.28. The summed E-state index contributed by atoms with van der Waals surface area (Å²) in [7, 11) is -3.97. The van der Waals surface area contributed by atoms with E-state index in [0.29, 0.717) is 5.57 Å². The van der Waals surface area contributed by atoms with Crippen LogP contribution in [0.25, 0.3) is 0 Å². The summed E-state index contributed by atoms with van der Waals surface area (Å²) in [5, 5.41) is 2.49. The molecule has 0 saturated carbocycles. The number of carbonyl (C=O) groups is 1. The van der Waals surface area contributed by atoms with Gasteiger partial charge >= 0.3 is 23.1 Å². The normalized spacial score (nSPS) is 12.5. The minimum atomic E-state index is -3.97. The van der Waals surface area contributed by atoms with Gasteiger partial charge in [0.25, 0.3) is 10.1 Å². The first-order valence-corrected chi connectivity index (χ1v) is 5.72. The quantitative estimate of drug-likeness (QED) is 0.382. The Labute approximate surface area is 106 Å². The molecule has 0 aromatic rings. The zero-order chi connectivity index (χ0) is 11.4. The zero-order valence-corrected chi connectivity index (χ0v) is 9.10. The molecule has 0 aliphatic heterocycles. The van der Waals surface area contributed by atoms with Gasteiger partial charge in [-0.25, -0.2) is 0 Å². The predicted octanol–water partition coefficient (Wildman–Crippen LogP) is -0.714. The van der Waals surface area contributed by atoms with Crippen molar-refractivity contribution in [2.24, 2.45) is 5.92 Å². The predicted molar refractivity (Wildman–Crippen MR) is 61.9 cm³/mol. The van der Waals surface area contributed by atoms with Crippen molar-refractivity contribution in [1.82, 2.24) is 5.32 Å². The van der Waals surface area contributed by atoms with Gasteiger partial charge < -0.3 is 5.32 Å². The minimum absolute atomic E-state index is 0. The molecule has 1 atom stereocenters. The molecule has 2 N–H and O–H groups in total. The Kier molecular flexibility index (Phi) is 8.31. The smallest absolute Gasteiger partial charge is 0.316 e. The van der Waals surface area contributed by atoms with Crippen molar-refractivity contribution in [2.45, 2.75) is 13.8 Å². The van der Waals surface area contributed by atoms with Crippen LogP contribution in [0, 0.1) is 5.92 Å². The average molecular weight is 248 g/mol. The van der Waals surface area contributed by atoms with Gasteiger partial charge in [0.15, 0.2) is 0 Å². The molecule has 1 unspecified atom stereocenters. The van der Waals surface area contributed by atoms with Crippen molar-refractivity contribution in [3.63, 3.8) is 0 Å². The van der Waals surface area contributed by atoms with Gasteiger partial charge in [0.2, 0.25) is 5.91 Å². The fourth-order valence-corrected chi connectivity index (χ4v) is 1.67. The Bertz CT molecular complexity index is 326. The fraction of sp³-hybridized carbons (Fsp3) is 0.625. The number of amides is 1. The second-order valence-corrected chi connectivity index (χ2v) is 4.84. The molecule has 0 aromatic heterocycles. The average Bonchev–Trinajstić information content (AvgIpc) is 1.96. The molecular weight excluding hydrogens is 230 g/mol. The van der Waals surface area contributed by atoms with Gasteiger partial charge in [0.1, 0.15) is 0 Å². The molecule has 0 rings (SSSR count). The van der Waals surface area contributed by atoms with Gasteiger partial charge in [-0.15, -0.1) is 0 Å². The third-order valence-corrected chi connectivity index (χ3v) is 2.48. The van der Waals surface area contributed by atoms with Crippen molar-refractivity contribution in [3.05, 3.63) is 12.2 Å². The third kappa shape index (κ3) is 10.2. The standard InChI is InChI=1S/C8H15NO4S.Mg.2H/c1-6(2)8(10)9-4-7(3)5-14(11,12)13;;;/h7H,1,4-5H2,2-3H3,(H,9,10)(H,11,12,13);;;. The van der Waals surface area contributed by atoms with Crippen LogP contribution < -0.4 is 5.32 Å². The van der Waals surface area contributed by atoms with E-state index in [-0.39, 0.29) is 47.2 Å². The van der Waals surface area contributed by atoms with Crippen molar-refractivity contribution in [3.8, 4) is 0 Å². The first-order chi connectivity index (χ1) is 6.22. The first kappa shape index (κ1) is 17.3. The maximum absolute atomic E-state index is 11.0. The fourth-order valence-electron chi connectivity index (χ4n) is 0.836. The molecule has 0 heterocycles. The SMILES string of the molecule is C=C(C)C(=O)NCC(C)CS(=O)(=O)O.[MgH2]. The van der Waals surface area contributed by atoms with Crippen LogP contribution in [0.15, 0.2) is 12.2 Å². The van der Waals surface area contributed by atoms with Crippen molar-refractivity contribution < 1.29 is 17.8 Å². The Morgan fingerprint density at radius 1 is 1.53 bits per heavy atom. The molecule has 86 valence electrons. The molecule has 0 fully saturated rings. The summed E-state index contributed by atoms with van der Waals surface area (Å²) in [5.74, 6) is -0.996. The lowest BCUT2D eigenvalue weighted by atomic mass is 10.2. The van der Waals surface area contributed by atoms with Gasteiger partial charge in [-0.2, -0.15) is 8.42 Å². The minimum Gasteiger partial charge on any atom is -0.352 e. The Morgan fingerprint density at radius 3 is 2.33 bits per heavy atom. The third-order valence-electron chi connectivity index (χ3n) is 1.49. The van der Waals surface area contributed by atoms with E-state index in [2.05, 4.69) is 11.9 Å². The number of rotatable bonds is 5. The molecule has 0 radical (unpaired) electrons. The highest BCUT2D eigenvalue weighted by atomic mass is 32.2. The van der Waals surface area contributed by atoms with Gasteiger partial charge in [-0.05, 0) is 12.8 Å².